The monoisotopic (exact) mass is 257 g/mol. The third-order valence-electron chi connectivity index (χ3n) is 2.61. The van der Waals surface area contributed by atoms with E-state index in [0.717, 1.165) is 36.1 Å². The zero-order valence-corrected chi connectivity index (χ0v) is 12.0. The number of thiazole rings is 1. The fraction of sp³-hybridized carbons (Fsp3) is 0.750. The zero-order valence-electron chi connectivity index (χ0n) is 11.2. The first-order chi connectivity index (χ1) is 8.04. The van der Waals surface area contributed by atoms with E-state index in [1.54, 1.807) is 24.5 Å². The SMILES string of the molecule is CCN(CCCN(C)C)c1ncc(C(C)O)s1. The van der Waals surface area contributed by atoms with Gasteiger partial charge in [0.1, 0.15) is 0 Å². The zero-order chi connectivity index (χ0) is 12.8. The van der Waals surface area contributed by atoms with E-state index in [9.17, 15) is 5.11 Å². The first-order valence-electron chi connectivity index (χ1n) is 6.08. The van der Waals surface area contributed by atoms with Crippen molar-refractivity contribution in [3.05, 3.63) is 11.1 Å². The standard InChI is InChI=1S/C12H23N3OS/c1-5-15(8-6-7-14(3)4)12-13-9-11(17-12)10(2)16/h9-10,16H,5-8H2,1-4H3. The number of hydrogen-bond donors (Lipinski definition) is 1. The van der Waals surface area contributed by atoms with Gasteiger partial charge in [0.15, 0.2) is 5.13 Å². The Hall–Kier alpha value is -0.650. The summed E-state index contributed by atoms with van der Waals surface area (Å²) in [6, 6.07) is 0. The van der Waals surface area contributed by atoms with E-state index in [1.807, 2.05) is 0 Å². The minimum atomic E-state index is -0.415. The number of aliphatic hydroxyl groups excluding tert-OH is 1. The van der Waals surface area contributed by atoms with Crippen molar-refractivity contribution in [3.8, 4) is 0 Å². The molecule has 4 nitrogen and oxygen atoms in total. The van der Waals surface area contributed by atoms with Crippen LogP contribution in [-0.4, -0.2) is 48.7 Å². The molecule has 0 spiro atoms. The maximum Gasteiger partial charge on any atom is 0.185 e. The fourth-order valence-electron chi connectivity index (χ4n) is 1.58. The molecule has 98 valence electrons. The van der Waals surface area contributed by atoms with Crippen LogP contribution in [0.1, 0.15) is 31.2 Å². The Morgan fingerprint density at radius 1 is 1.41 bits per heavy atom. The molecule has 1 unspecified atom stereocenters. The summed E-state index contributed by atoms with van der Waals surface area (Å²) in [4.78, 5) is 9.77. The van der Waals surface area contributed by atoms with Gasteiger partial charge in [0, 0.05) is 19.3 Å². The van der Waals surface area contributed by atoms with E-state index in [4.69, 9.17) is 0 Å². The average Bonchev–Trinajstić information content (AvgIpc) is 2.73. The molecule has 0 radical (unpaired) electrons. The Morgan fingerprint density at radius 3 is 2.59 bits per heavy atom. The van der Waals surface area contributed by atoms with Crippen LogP contribution < -0.4 is 4.90 Å². The number of nitrogens with zero attached hydrogens (tertiary/aromatic N) is 3. The molecule has 17 heavy (non-hydrogen) atoms. The largest absolute Gasteiger partial charge is 0.388 e. The number of aliphatic hydroxyl groups is 1. The van der Waals surface area contributed by atoms with Gasteiger partial charge < -0.3 is 14.9 Å². The number of anilines is 1. The Labute approximate surface area is 108 Å². The molecular weight excluding hydrogens is 234 g/mol. The summed E-state index contributed by atoms with van der Waals surface area (Å²) in [5.74, 6) is 0. The molecule has 0 saturated carbocycles. The first-order valence-corrected chi connectivity index (χ1v) is 6.89. The Bertz CT molecular complexity index is 325. The molecule has 0 saturated heterocycles. The molecule has 0 aliphatic carbocycles. The molecule has 1 atom stereocenters. The molecule has 1 aromatic rings. The van der Waals surface area contributed by atoms with Gasteiger partial charge in [-0.15, -0.1) is 0 Å². The first kappa shape index (κ1) is 14.4. The Kier molecular flexibility index (Phi) is 5.88. The second kappa shape index (κ2) is 6.93. The van der Waals surface area contributed by atoms with Crippen LogP contribution in [-0.2, 0) is 0 Å². The van der Waals surface area contributed by atoms with Gasteiger partial charge in [-0.25, -0.2) is 4.98 Å². The van der Waals surface area contributed by atoms with E-state index < -0.39 is 6.10 Å². The lowest BCUT2D eigenvalue weighted by Crippen LogP contribution is -2.26. The maximum atomic E-state index is 9.49. The summed E-state index contributed by atoms with van der Waals surface area (Å²) in [5.41, 5.74) is 0. The molecule has 1 heterocycles. The van der Waals surface area contributed by atoms with Crippen LogP contribution in [0.25, 0.3) is 0 Å². The maximum absolute atomic E-state index is 9.49. The van der Waals surface area contributed by atoms with E-state index in [-0.39, 0.29) is 0 Å². The smallest absolute Gasteiger partial charge is 0.185 e. The van der Waals surface area contributed by atoms with Crippen molar-refractivity contribution < 1.29 is 5.11 Å². The van der Waals surface area contributed by atoms with Crippen LogP contribution in [0.15, 0.2) is 6.20 Å². The summed E-state index contributed by atoms with van der Waals surface area (Å²) >= 11 is 1.58. The topological polar surface area (TPSA) is 39.6 Å². The second-order valence-corrected chi connectivity index (χ2v) is 5.50. The highest BCUT2D eigenvalue weighted by Gasteiger charge is 2.11. The molecule has 0 bridgehead atoms. The Balaban J connectivity index is 2.53. The van der Waals surface area contributed by atoms with Crippen LogP contribution in [0.2, 0.25) is 0 Å². The molecule has 1 rings (SSSR count). The third kappa shape index (κ3) is 4.61. The lowest BCUT2D eigenvalue weighted by Gasteiger charge is -2.20. The van der Waals surface area contributed by atoms with Gasteiger partial charge in [0.05, 0.1) is 11.0 Å². The lowest BCUT2D eigenvalue weighted by molar-refractivity contribution is 0.203. The van der Waals surface area contributed by atoms with E-state index in [0.29, 0.717) is 0 Å². The van der Waals surface area contributed by atoms with E-state index in [1.165, 1.54) is 0 Å². The van der Waals surface area contributed by atoms with Crippen molar-refractivity contribution in [1.29, 1.82) is 0 Å². The minimum Gasteiger partial charge on any atom is -0.388 e. The summed E-state index contributed by atoms with van der Waals surface area (Å²) in [6.45, 7) is 6.98. The summed E-state index contributed by atoms with van der Waals surface area (Å²) < 4.78 is 0. The van der Waals surface area contributed by atoms with Gasteiger partial charge in [-0.2, -0.15) is 0 Å². The highest BCUT2D eigenvalue weighted by molar-refractivity contribution is 7.15. The van der Waals surface area contributed by atoms with Crippen LogP contribution in [0, 0.1) is 0 Å². The van der Waals surface area contributed by atoms with Crippen LogP contribution in [0.3, 0.4) is 0 Å². The molecule has 0 aromatic carbocycles. The second-order valence-electron chi connectivity index (χ2n) is 4.46. The van der Waals surface area contributed by atoms with Gasteiger partial charge in [-0.1, -0.05) is 11.3 Å². The van der Waals surface area contributed by atoms with Crippen LogP contribution in [0.5, 0.6) is 0 Å². The number of aromatic nitrogens is 1. The summed E-state index contributed by atoms with van der Waals surface area (Å²) in [7, 11) is 4.18. The fourth-order valence-corrected chi connectivity index (χ4v) is 2.52. The van der Waals surface area contributed by atoms with Crippen LogP contribution in [0.4, 0.5) is 5.13 Å². The van der Waals surface area contributed by atoms with Crippen molar-refractivity contribution in [2.75, 3.05) is 38.6 Å². The molecule has 0 aliphatic rings. The van der Waals surface area contributed by atoms with Gasteiger partial charge in [-0.3, -0.25) is 0 Å². The molecule has 1 N–H and O–H groups in total. The van der Waals surface area contributed by atoms with Crippen molar-refractivity contribution in [1.82, 2.24) is 9.88 Å². The van der Waals surface area contributed by atoms with Crippen LogP contribution >= 0.6 is 11.3 Å². The molecule has 1 aromatic heterocycles. The molecule has 0 amide bonds. The summed E-state index contributed by atoms with van der Waals surface area (Å²) in [5, 5.41) is 10.5. The predicted octanol–water partition coefficient (Wildman–Crippen LogP) is 1.97. The number of hydrogen-bond acceptors (Lipinski definition) is 5. The quantitative estimate of drug-likeness (QED) is 0.811. The van der Waals surface area contributed by atoms with E-state index in [2.05, 4.69) is 35.8 Å². The normalized spacial score (nSPS) is 13.1. The van der Waals surface area contributed by atoms with Crippen molar-refractivity contribution >= 4 is 16.5 Å². The van der Waals surface area contributed by atoms with Gasteiger partial charge in [0.25, 0.3) is 0 Å². The highest BCUT2D eigenvalue weighted by Crippen LogP contribution is 2.26. The number of rotatable bonds is 7. The minimum absolute atomic E-state index is 0.415. The lowest BCUT2D eigenvalue weighted by atomic mass is 10.3. The molecule has 0 fully saturated rings. The Morgan fingerprint density at radius 2 is 2.12 bits per heavy atom. The van der Waals surface area contributed by atoms with Crippen molar-refractivity contribution in [2.45, 2.75) is 26.4 Å². The summed E-state index contributed by atoms with van der Waals surface area (Å²) in [6.07, 6.45) is 2.49. The highest BCUT2D eigenvalue weighted by atomic mass is 32.1. The molecule has 0 aliphatic heterocycles. The van der Waals surface area contributed by atoms with Gasteiger partial charge in [0.2, 0.25) is 0 Å². The predicted molar refractivity (Wildman–Crippen MR) is 73.8 cm³/mol. The molecular formula is C12H23N3OS. The van der Waals surface area contributed by atoms with E-state index >= 15 is 0 Å². The van der Waals surface area contributed by atoms with Crippen molar-refractivity contribution in [2.24, 2.45) is 0 Å². The average molecular weight is 257 g/mol. The molecule has 5 heteroatoms. The van der Waals surface area contributed by atoms with Crippen molar-refractivity contribution in [3.63, 3.8) is 0 Å². The van der Waals surface area contributed by atoms with Gasteiger partial charge in [-0.05, 0) is 40.9 Å². The third-order valence-corrected chi connectivity index (χ3v) is 3.84. The van der Waals surface area contributed by atoms with Gasteiger partial charge >= 0.3 is 0 Å².